The first-order valence-electron chi connectivity index (χ1n) is 26.9. The summed E-state index contributed by atoms with van der Waals surface area (Å²) in [6, 6.07) is -13.5. The number of nitrogens with zero attached hydrogens (tertiary/aromatic N) is 4. The van der Waals surface area contributed by atoms with Gasteiger partial charge in [0.2, 0.25) is 0 Å². The van der Waals surface area contributed by atoms with Crippen molar-refractivity contribution in [1.82, 2.24) is 19.5 Å². The number of aromatic nitrogens is 4. The van der Waals surface area contributed by atoms with Crippen molar-refractivity contribution in [3.8, 4) is 62.1 Å². The molecule has 0 saturated carbocycles. The topological polar surface area (TPSA) is 43.6 Å². The Morgan fingerprint density at radius 1 is 0.367 bits per heavy atom. The van der Waals surface area contributed by atoms with Crippen LogP contribution >= 0.6 is 0 Å². The molecule has 9 aromatic rings. The Morgan fingerprint density at radius 2 is 0.837 bits per heavy atom. The monoisotopic (exact) mass is 651 g/mol. The van der Waals surface area contributed by atoms with Crippen molar-refractivity contribution in [2.24, 2.45) is 0 Å². The summed E-state index contributed by atoms with van der Waals surface area (Å²) >= 11 is 0. The molecule has 0 saturated heterocycles. The van der Waals surface area contributed by atoms with E-state index in [1.54, 1.807) is 18.2 Å². The summed E-state index contributed by atoms with van der Waals surface area (Å²) < 4.78 is 221. The molecule has 0 unspecified atom stereocenters. The summed E-state index contributed by atoms with van der Waals surface area (Å²) in [5, 5.41) is -1.03. The van der Waals surface area contributed by atoms with Crippen LogP contribution in [0.15, 0.2) is 181 Å². The van der Waals surface area contributed by atoms with Crippen LogP contribution in [0.2, 0.25) is 0 Å². The normalized spacial score (nSPS) is 18.4. The molecule has 7 aromatic carbocycles. The maximum atomic E-state index is 9.47. The lowest BCUT2D eigenvalue weighted by Crippen LogP contribution is -2.00. The van der Waals surface area contributed by atoms with Crippen molar-refractivity contribution in [2.75, 3.05) is 0 Å². The van der Waals surface area contributed by atoms with E-state index in [0.29, 0.717) is 0 Å². The second-order valence-corrected chi connectivity index (χ2v) is 10.2. The molecular weight excluding hydrogens is 597 g/mol. The van der Waals surface area contributed by atoms with Crippen LogP contribution in [-0.4, -0.2) is 19.5 Å². The SMILES string of the molecule is [2H]c1c([2H])c([2H])c(-c2c([2H])c([2H])c(-c3nc(-c4ccccc4)nc(-c4c([2H])c([2H])c(-n5c6c([2H])c([2H])c([2H])c([2H])c6c6c([2H])c(-c7c([2H])c([2H])c([2H])c([2H])c7[2H])c([2H])c([2H])c65)c([2H])c4[2H])n3)c([2H])c2[2H])c([2H])c1[2H]. The van der Waals surface area contributed by atoms with Gasteiger partial charge in [-0.2, -0.15) is 0 Å². The van der Waals surface area contributed by atoms with Crippen LogP contribution in [0.25, 0.3) is 83.9 Å². The van der Waals surface area contributed by atoms with Gasteiger partial charge in [-0.05, 0) is 64.6 Å². The number of benzene rings is 7. The van der Waals surface area contributed by atoms with Gasteiger partial charge < -0.3 is 4.57 Å². The number of rotatable bonds is 6. The number of hydrogen-bond acceptors (Lipinski definition) is 3. The Kier molecular flexibility index (Phi) is 3.17. The van der Waals surface area contributed by atoms with Crippen molar-refractivity contribution >= 4 is 21.8 Å². The summed E-state index contributed by atoms with van der Waals surface area (Å²) in [6.07, 6.45) is 0. The molecule has 230 valence electrons. The van der Waals surface area contributed by atoms with Crippen molar-refractivity contribution in [3.05, 3.63) is 181 Å². The van der Waals surface area contributed by atoms with E-state index in [2.05, 4.69) is 15.0 Å². The zero-order chi connectivity index (χ0) is 54.3. The molecule has 2 heterocycles. The van der Waals surface area contributed by atoms with Crippen molar-refractivity contribution in [3.63, 3.8) is 0 Å². The van der Waals surface area contributed by atoms with Crippen LogP contribution in [0.1, 0.15) is 34.3 Å². The van der Waals surface area contributed by atoms with E-state index in [0.717, 1.165) is 4.57 Å². The molecule has 9 rings (SSSR count). The molecule has 0 aliphatic rings. The quantitative estimate of drug-likeness (QED) is 0.180. The fourth-order valence-corrected chi connectivity index (χ4v) is 5.01. The molecule has 4 heteroatoms. The lowest BCUT2D eigenvalue weighted by atomic mass is 10.0. The number of para-hydroxylation sites is 1. The van der Waals surface area contributed by atoms with Crippen LogP contribution < -0.4 is 0 Å². The fraction of sp³-hybridized carbons (Fsp3) is 0. The molecule has 0 amide bonds. The molecule has 0 aliphatic heterocycles. The highest BCUT2D eigenvalue weighted by Crippen LogP contribution is 2.35. The molecule has 0 atom stereocenters. The number of hydrogen-bond donors (Lipinski definition) is 0. The van der Waals surface area contributed by atoms with Gasteiger partial charge in [-0.1, -0.05) is 139 Å². The summed E-state index contributed by atoms with van der Waals surface area (Å²) in [7, 11) is 0. The van der Waals surface area contributed by atoms with E-state index in [1.807, 2.05) is 0 Å². The molecule has 0 fully saturated rings. The summed E-state index contributed by atoms with van der Waals surface area (Å²) in [4.78, 5) is 13.3. The lowest BCUT2D eigenvalue weighted by Gasteiger charge is -2.11. The van der Waals surface area contributed by atoms with Gasteiger partial charge in [0.05, 0.1) is 45.3 Å². The Balaban J connectivity index is 1.36. The van der Waals surface area contributed by atoms with Crippen molar-refractivity contribution in [1.29, 1.82) is 0 Å². The summed E-state index contributed by atoms with van der Waals surface area (Å²) in [5.74, 6) is -1.46. The van der Waals surface area contributed by atoms with E-state index in [4.69, 9.17) is 26.0 Å². The zero-order valence-corrected chi connectivity index (χ0v) is 24.7. The first-order chi connectivity index (χ1) is 34.7. The van der Waals surface area contributed by atoms with E-state index < -0.39 is 224 Å². The maximum Gasteiger partial charge on any atom is 0.164 e. The van der Waals surface area contributed by atoms with Gasteiger partial charge in [-0.3, -0.25) is 0 Å². The second kappa shape index (κ2) is 12.2. The molecule has 4 nitrogen and oxygen atoms in total. The summed E-state index contributed by atoms with van der Waals surface area (Å²) in [5.41, 5.74) is -5.56. The van der Waals surface area contributed by atoms with Crippen molar-refractivity contribution < 1.29 is 34.3 Å². The highest BCUT2D eigenvalue weighted by Gasteiger charge is 2.15. The van der Waals surface area contributed by atoms with Gasteiger partial charge in [0.25, 0.3) is 0 Å². The largest absolute Gasteiger partial charge is 0.309 e. The molecule has 49 heavy (non-hydrogen) atoms. The van der Waals surface area contributed by atoms with Crippen LogP contribution in [-0.2, 0) is 0 Å². The van der Waals surface area contributed by atoms with Crippen LogP contribution in [0.3, 0.4) is 0 Å². The van der Waals surface area contributed by atoms with E-state index in [9.17, 15) is 8.22 Å². The van der Waals surface area contributed by atoms with E-state index in [-0.39, 0.29) is 11.4 Å². The molecule has 0 spiro atoms. The summed E-state index contributed by atoms with van der Waals surface area (Å²) in [6.45, 7) is 0. The molecule has 2 aromatic heterocycles. The maximum absolute atomic E-state index is 9.47. The first-order valence-corrected chi connectivity index (χ1v) is 14.4. The smallest absolute Gasteiger partial charge is 0.164 e. The lowest BCUT2D eigenvalue weighted by molar-refractivity contribution is 1.07. The third-order valence-corrected chi connectivity index (χ3v) is 7.23. The molecule has 0 aliphatic carbocycles. The molecule has 0 bridgehead atoms. The van der Waals surface area contributed by atoms with Crippen LogP contribution in [0, 0.1) is 0 Å². The zero-order valence-electron chi connectivity index (χ0n) is 49.7. The Morgan fingerprint density at radius 3 is 1.49 bits per heavy atom. The first kappa shape index (κ1) is 12.8. The van der Waals surface area contributed by atoms with Gasteiger partial charge in [-0.25, -0.2) is 15.0 Å². The molecular formula is C45H30N4. The Hall–Kier alpha value is -6.65. The van der Waals surface area contributed by atoms with Gasteiger partial charge in [0, 0.05) is 33.2 Å². The predicted octanol–water partition coefficient (Wildman–Crippen LogP) is 11.3. The third kappa shape index (κ3) is 5.35. The van der Waals surface area contributed by atoms with Crippen LogP contribution in [0.4, 0.5) is 0 Å². The third-order valence-electron chi connectivity index (χ3n) is 7.23. The molecule has 0 N–H and O–H groups in total. The van der Waals surface area contributed by atoms with Gasteiger partial charge in [-0.15, -0.1) is 0 Å². The van der Waals surface area contributed by atoms with Crippen LogP contribution in [0.5, 0.6) is 0 Å². The van der Waals surface area contributed by atoms with Gasteiger partial charge >= 0.3 is 0 Å². The number of fused-ring (bicyclic) bond motifs is 3. The predicted molar refractivity (Wildman–Crippen MR) is 201 cm³/mol. The Labute approximate surface area is 319 Å². The standard InChI is InChI=1S/C45H30N4/c1-4-12-31(13-5-1)33-20-22-35(23-21-33)44-46-43(34-16-8-3-9-17-34)47-45(48-44)36-24-27-38(28-25-36)49-41-19-11-10-18-39(41)40-30-37(26-29-42(40)49)32-14-6-2-7-15-32/h1-30H/i1D,2D,4D,5D,6D,7D,10D,11D,12D,13D,14D,15D,18D,19D,20D,21D,22D,23D,24D,25D,26D,27D,28D,29D,30D. The average Bonchev–Trinajstić information content (AvgIpc) is 3.74. The highest BCUT2D eigenvalue weighted by atomic mass is 15.0. The van der Waals surface area contributed by atoms with E-state index in [1.165, 1.54) is 12.1 Å². The highest BCUT2D eigenvalue weighted by molar-refractivity contribution is 6.10. The van der Waals surface area contributed by atoms with Gasteiger partial charge in [0.1, 0.15) is 0 Å². The fourth-order valence-electron chi connectivity index (χ4n) is 5.01. The average molecular weight is 652 g/mol. The second-order valence-electron chi connectivity index (χ2n) is 10.2. The van der Waals surface area contributed by atoms with Crippen molar-refractivity contribution in [2.45, 2.75) is 0 Å². The minimum atomic E-state index is -0.963. The minimum Gasteiger partial charge on any atom is -0.309 e. The van der Waals surface area contributed by atoms with Gasteiger partial charge in [0.15, 0.2) is 17.5 Å². The molecule has 0 radical (unpaired) electrons. The minimum absolute atomic E-state index is 0.240. The Bertz CT molecular complexity index is 3910. The van der Waals surface area contributed by atoms with E-state index >= 15 is 0 Å².